The topological polar surface area (TPSA) is 34.9 Å². The van der Waals surface area contributed by atoms with Crippen molar-refractivity contribution in [2.24, 2.45) is 0 Å². The summed E-state index contributed by atoms with van der Waals surface area (Å²) < 4.78 is 14.2. The highest BCUT2D eigenvalue weighted by molar-refractivity contribution is 7.17. The molecule has 0 saturated carbocycles. The molecule has 1 aromatic carbocycles. The third-order valence-electron chi connectivity index (χ3n) is 3.76. The van der Waals surface area contributed by atoms with Crippen LogP contribution in [-0.4, -0.2) is 16.2 Å². The molecule has 0 amide bonds. The monoisotopic (exact) mass is 316 g/mol. The molecule has 0 unspecified atom stereocenters. The van der Waals surface area contributed by atoms with Crippen LogP contribution in [0.15, 0.2) is 34.4 Å². The van der Waals surface area contributed by atoms with Crippen LogP contribution in [0.4, 0.5) is 4.39 Å². The zero-order valence-electron chi connectivity index (χ0n) is 12.6. The molecule has 5 heteroatoms. The van der Waals surface area contributed by atoms with E-state index in [1.807, 2.05) is 43.5 Å². The molecule has 0 aliphatic rings. The van der Waals surface area contributed by atoms with Gasteiger partial charge in [-0.2, -0.15) is 0 Å². The van der Waals surface area contributed by atoms with Gasteiger partial charge in [0, 0.05) is 17.4 Å². The first-order valence-corrected chi connectivity index (χ1v) is 8.17. The molecular formula is C17H17FN2OS. The predicted octanol–water partition coefficient (Wildman–Crippen LogP) is 3.97. The molecule has 0 radical (unpaired) electrons. The van der Waals surface area contributed by atoms with Crippen LogP contribution in [0.25, 0.3) is 21.3 Å². The summed E-state index contributed by atoms with van der Waals surface area (Å²) in [5.74, 6) is 0.646. The molecule has 3 rings (SSSR count). The molecule has 0 aliphatic carbocycles. The Morgan fingerprint density at radius 3 is 2.64 bits per heavy atom. The molecule has 2 heterocycles. The molecule has 3 nitrogen and oxygen atoms in total. The minimum Gasteiger partial charge on any atom is -0.293 e. The van der Waals surface area contributed by atoms with Gasteiger partial charge >= 0.3 is 0 Å². The van der Waals surface area contributed by atoms with Gasteiger partial charge in [-0.15, -0.1) is 11.3 Å². The second-order valence-electron chi connectivity index (χ2n) is 5.22. The maximum Gasteiger partial charge on any atom is 0.262 e. The Morgan fingerprint density at radius 1 is 1.27 bits per heavy atom. The Kier molecular flexibility index (Phi) is 4.07. The van der Waals surface area contributed by atoms with Crippen LogP contribution in [-0.2, 0) is 13.0 Å². The van der Waals surface area contributed by atoms with Crippen molar-refractivity contribution in [1.82, 2.24) is 9.55 Å². The summed E-state index contributed by atoms with van der Waals surface area (Å²) in [4.78, 5) is 18.1. The van der Waals surface area contributed by atoms with E-state index in [2.05, 4.69) is 4.98 Å². The Hall–Kier alpha value is -2.01. The van der Waals surface area contributed by atoms with E-state index in [0.29, 0.717) is 17.6 Å². The number of benzene rings is 1. The highest BCUT2D eigenvalue weighted by atomic mass is 32.1. The molecule has 0 bridgehead atoms. The van der Waals surface area contributed by atoms with Crippen LogP contribution < -0.4 is 5.56 Å². The number of thiophene rings is 1. The van der Waals surface area contributed by atoms with E-state index in [-0.39, 0.29) is 12.1 Å². The number of aromatic nitrogens is 2. The largest absolute Gasteiger partial charge is 0.293 e. The van der Waals surface area contributed by atoms with Crippen molar-refractivity contribution in [2.75, 3.05) is 6.67 Å². The first-order valence-electron chi connectivity index (χ1n) is 7.29. The van der Waals surface area contributed by atoms with E-state index in [4.69, 9.17) is 0 Å². The Balaban J connectivity index is 2.28. The number of nitrogens with zero attached hydrogens (tertiary/aromatic N) is 2. The average molecular weight is 316 g/mol. The fraction of sp³-hybridized carbons (Fsp3) is 0.294. The van der Waals surface area contributed by atoms with Crippen LogP contribution in [0.3, 0.4) is 0 Å². The molecule has 0 spiro atoms. The van der Waals surface area contributed by atoms with Crippen LogP contribution in [0, 0.1) is 6.92 Å². The first-order chi connectivity index (χ1) is 10.7. The number of halogens is 1. The highest BCUT2D eigenvalue weighted by Crippen LogP contribution is 2.31. The predicted molar refractivity (Wildman–Crippen MR) is 89.4 cm³/mol. The SMILES string of the molecule is CCc1nc2scc(-c3ccc(C)cc3)c2c(=O)n1CCF. The maximum atomic E-state index is 12.8. The van der Waals surface area contributed by atoms with E-state index in [1.165, 1.54) is 21.5 Å². The lowest BCUT2D eigenvalue weighted by Gasteiger charge is -2.09. The molecule has 0 saturated heterocycles. The lowest BCUT2D eigenvalue weighted by Crippen LogP contribution is -2.25. The summed E-state index contributed by atoms with van der Waals surface area (Å²) in [6, 6.07) is 8.05. The quantitative estimate of drug-likeness (QED) is 0.730. The second kappa shape index (κ2) is 6.01. The molecule has 2 aromatic heterocycles. The van der Waals surface area contributed by atoms with Gasteiger partial charge < -0.3 is 0 Å². The Labute approximate surface area is 132 Å². The van der Waals surface area contributed by atoms with Gasteiger partial charge in [0.05, 0.1) is 11.9 Å². The van der Waals surface area contributed by atoms with Crippen LogP contribution in [0.2, 0.25) is 0 Å². The van der Waals surface area contributed by atoms with Gasteiger partial charge in [-0.3, -0.25) is 9.36 Å². The number of hydrogen-bond acceptors (Lipinski definition) is 3. The van der Waals surface area contributed by atoms with Gasteiger partial charge in [-0.05, 0) is 12.5 Å². The number of alkyl halides is 1. The number of aryl methyl sites for hydroxylation is 2. The summed E-state index contributed by atoms with van der Waals surface area (Å²) in [6.07, 6.45) is 0.614. The lowest BCUT2D eigenvalue weighted by molar-refractivity contribution is 0.432. The third kappa shape index (κ3) is 2.46. The summed E-state index contributed by atoms with van der Waals surface area (Å²) in [5.41, 5.74) is 2.90. The number of fused-ring (bicyclic) bond motifs is 1. The zero-order valence-corrected chi connectivity index (χ0v) is 13.4. The molecule has 0 atom stereocenters. The fourth-order valence-electron chi connectivity index (χ4n) is 2.60. The fourth-order valence-corrected chi connectivity index (χ4v) is 3.55. The minimum absolute atomic E-state index is 0.0636. The van der Waals surface area contributed by atoms with Crippen molar-refractivity contribution in [2.45, 2.75) is 26.8 Å². The highest BCUT2D eigenvalue weighted by Gasteiger charge is 2.16. The molecule has 114 valence electrons. The maximum absolute atomic E-state index is 12.8. The standard InChI is InChI=1S/C17H17FN2OS/c1-3-14-19-16-15(17(21)20(14)9-8-18)13(10-22-16)12-6-4-11(2)5-7-12/h4-7,10H,3,8-9H2,1-2H3. The van der Waals surface area contributed by atoms with Crippen molar-refractivity contribution >= 4 is 21.6 Å². The molecule has 22 heavy (non-hydrogen) atoms. The Morgan fingerprint density at radius 2 is 2.00 bits per heavy atom. The van der Waals surface area contributed by atoms with Crippen molar-refractivity contribution in [3.05, 3.63) is 51.4 Å². The van der Waals surface area contributed by atoms with Crippen LogP contribution in [0.5, 0.6) is 0 Å². The van der Waals surface area contributed by atoms with Gasteiger partial charge in [0.1, 0.15) is 17.3 Å². The summed E-state index contributed by atoms with van der Waals surface area (Å²) in [5, 5.41) is 2.56. The summed E-state index contributed by atoms with van der Waals surface area (Å²) >= 11 is 1.47. The molecule has 3 aromatic rings. The molecule has 0 aliphatic heterocycles. The minimum atomic E-state index is -0.565. The molecular weight excluding hydrogens is 299 g/mol. The molecule has 0 fully saturated rings. The van der Waals surface area contributed by atoms with Gasteiger partial charge in [0.2, 0.25) is 0 Å². The number of rotatable bonds is 4. The van der Waals surface area contributed by atoms with E-state index in [1.54, 1.807) is 0 Å². The van der Waals surface area contributed by atoms with E-state index in [0.717, 1.165) is 16.0 Å². The third-order valence-corrected chi connectivity index (χ3v) is 4.63. The zero-order chi connectivity index (χ0) is 15.7. The van der Waals surface area contributed by atoms with Crippen LogP contribution in [0.1, 0.15) is 18.3 Å². The van der Waals surface area contributed by atoms with Crippen molar-refractivity contribution < 1.29 is 4.39 Å². The Bertz CT molecular complexity index is 865. The van der Waals surface area contributed by atoms with Crippen LogP contribution >= 0.6 is 11.3 Å². The van der Waals surface area contributed by atoms with E-state index in [9.17, 15) is 9.18 Å². The van der Waals surface area contributed by atoms with Gasteiger partial charge in [-0.1, -0.05) is 36.8 Å². The molecule has 0 N–H and O–H groups in total. The van der Waals surface area contributed by atoms with E-state index >= 15 is 0 Å². The average Bonchev–Trinajstić information content (AvgIpc) is 2.95. The van der Waals surface area contributed by atoms with Gasteiger partial charge in [0.25, 0.3) is 5.56 Å². The summed E-state index contributed by atoms with van der Waals surface area (Å²) in [6.45, 7) is 3.45. The second-order valence-corrected chi connectivity index (χ2v) is 6.08. The lowest BCUT2D eigenvalue weighted by atomic mass is 10.0. The van der Waals surface area contributed by atoms with Crippen molar-refractivity contribution in [3.8, 4) is 11.1 Å². The van der Waals surface area contributed by atoms with E-state index < -0.39 is 6.67 Å². The van der Waals surface area contributed by atoms with Gasteiger partial charge in [-0.25, -0.2) is 9.37 Å². The first kappa shape index (κ1) is 14.9. The van der Waals surface area contributed by atoms with Crippen molar-refractivity contribution in [1.29, 1.82) is 0 Å². The van der Waals surface area contributed by atoms with Gasteiger partial charge in [0.15, 0.2) is 0 Å². The normalized spacial score (nSPS) is 11.2. The summed E-state index contributed by atoms with van der Waals surface area (Å²) in [7, 11) is 0. The smallest absolute Gasteiger partial charge is 0.262 e. The van der Waals surface area contributed by atoms with Crippen molar-refractivity contribution in [3.63, 3.8) is 0 Å². The number of hydrogen-bond donors (Lipinski definition) is 0.